The second-order valence-corrected chi connectivity index (χ2v) is 11.8. The third kappa shape index (κ3) is 4.36. The fourth-order valence-corrected chi connectivity index (χ4v) is 7.50. The molecule has 0 saturated heterocycles. The van der Waals surface area contributed by atoms with E-state index in [0.29, 0.717) is 34.7 Å². The Labute approximate surface area is 227 Å². The predicted molar refractivity (Wildman–Crippen MR) is 146 cm³/mol. The standard InChI is InChI=1S/C29H34N4O4S/c1-6-37-21-13-9-19(10-14-21)33-23(17-30-26(35)18-7-11-20(36-5)12-8-18)31-32-27(33)38-24-22-15-16-29(4,25(24)34)28(22,2)3/h7-14,22,24H,6,15-17H2,1-5H3,(H,30,35). The first-order valence-electron chi connectivity index (χ1n) is 13.0. The number of ether oxygens (including phenoxy) is 2. The van der Waals surface area contributed by atoms with Crippen LogP contribution in [0.3, 0.4) is 0 Å². The molecular formula is C29H34N4O4S. The molecule has 0 radical (unpaired) electrons. The number of carbonyl (C=O) groups excluding carboxylic acids is 2. The number of aromatic nitrogens is 3. The Morgan fingerprint density at radius 3 is 2.37 bits per heavy atom. The van der Waals surface area contributed by atoms with Crippen LogP contribution in [-0.2, 0) is 11.3 Å². The van der Waals surface area contributed by atoms with Crippen molar-refractivity contribution in [2.24, 2.45) is 16.7 Å². The van der Waals surface area contributed by atoms with Crippen LogP contribution in [0.5, 0.6) is 11.5 Å². The van der Waals surface area contributed by atoms with E-state index in [4.69, 9.17) is 9.47 Å². The summed E-state index contributed by atoms with van der Waals surface area (Å²) in [6.45, 7) is 9.26. The van der Waals surface area contributed by atoms with E-state index in [0.717, 1.165) is 24.3 Å². The first kappa shape index (κ1) is 26.3. The monoisotopic (exact) mass is 534 g/mol. The van der Waals surface area contributed by atoms with Gasteiger partial charge in [0.15, 0.2) is 16.8 Å². The van der Waals surface area contributed by atoms with Crippen molar-refractivity contribution in [1.82, 2.24) is 20.1 Å². The molecule has 1 heterocycles. The van der Waals surface area contributed by atoms with Crippen molar-refractivity contribution >= 4 is 23.5 Å². The van der Waals surface area contributed by atoms with Gasteiger partial charge in [0.25, 0.3) is 5.91 Å². The summed E-state index contributed by atoms with van der Waals surface area (Å²) in [5, 5.41) is 12.4. The van der Waals surface area contributed by atoms with Crippen LogP contribution < -0.4 is 14.8 Å². The molecule has 2 aromatic carbocycles. The predicted octanol–water partition coefficient (Wildman–Crippen LogP) is 5.09. The average Bonchev–Trinajstić information content (AvgIpc) is 3.47. The van der Waals surface area contributed by atoms with Crippen molar-refractivity contribution in [3.63, 3.8) is 0 Å². The van der Waals surface area contributed by atoms with Crippen LogP contribution >= 0.6 is 11.8 Å². The van der Waals surface area contributed by atoms with E-state index in [1.54, 1.807) is 31.4 Å². The van der Waals surface area contributed by atoms with Crippen molar-refractivity contribution in [3.8, 4) is 17.2 Å². The lowest BCUT2D eigenvalue weighted by Crippen LogP contribution is -2.34. The van der Waals surface area contributed by atoms with E-state index in [1.807, 2.05) is 35.8 Å². The van der Waals surface area contributed by atoms with E-state index in [2.05, 4.69) is 36.3 Å². The molecule has 2 saturated carbocycles. The molecule has 38 heavy (non-hydrogen) atoms. The molecule has 2 fully saturated rings. The first-order chi connectivity index (χ1) is 18.2. The van der Waals surface area contributed by atoms with E-state index in [1.165, 1.54) is 11.8 Å². The third-order valence-electron chi connectivity index (χ3n) is 8.57. The molecule has 2 aliphatic carbocycles. The van der Waals surface area contributed by atoms with Gasteiger partial charge in [-0.1, -0.05) is 32.5 Å². The lowest BCUT2D eigenvalue weighted by atomic mass is 9.70. The largest absolute Gasteiger partial charge is 0.497 e. The van der Waals surface area contributed by atoms with Gasteiger partial charge in [0, 0.05) is 16.7 Å². The summed E-state index contributed by atoms with van der Waals surface area (Å²) in [7, 11) is 1.59. The number of nitrogens with zero attached hydrogens (tertiary/aromatic N) is 3. The van der Waals surface area contributed by atoms with Gasteiger partial charge in [0.2, 0.25) is 0 Å². The highest BCUT2D eigenvalue weighted by molar-refractivity contribution is 8.00. The minimum Gasteiger partial charge on any atom is -0.497 e. The van der Waals surface area contributed by atoms with Gasteiger partial charge in [-0.3, -0.25) is 14.2 Å². The molecule has 2 bridgehead atoms. The number of amides is 1. The Kier molecular flexibility index (Phi) is 6.98. The second kappa shape index (κ2) is 10.1. The zero-order valence-electron chi connectivity index (χ0n) is 22.5. The summed E-state index contributed by atoms with van der Waals surface area (Å²) in [4.78, 5) is 26.4. The maximum atomic E-state index is 13.5. The lowest BCUT2D eigenvalue weighted by molar-refractivity contribution is -0.127. The number of nitrogens with one attached hydrogen (secondary N) is 1. The van der Waals surface area contributed by atoms with E-state index in [9.17, 15) is 9.59 Å². The van der Waals surface area contributed by atoms with Crippen molar-refractivity contribution < 1.29 is 19.1 Å². The van der Waals surface area contributed by atoms with Crippen LogP contribution in [0.15, 0.2) is 53.7 Å². The quantitative estimate of drug-likeness (QED) is 0.409. The van der Waals surface area contributed by atoms with Crippen molar-refractivity contribution in [3.05, 3.63) is 59.9 Å². The van der Waals surface area contributed by atoms with Gasteiger partial charge in [0.05, 0.1) is 25.5 Å². The first-order valence-corrected chi connectivity index (χ1v) is 13.9. The number of Topliss-reactive ketones (excluding diaryl/α,β-unsaturated/α-hetero) is 1. The molecule has 1 amide bonds. The third-order valence-corrected chi connectivity index (χ3v) is 9.84. The number of hydrogen-bond acceptors (Lipinski definition) is 7. The highest BCUT2D eigenvalue weighted by Gasteiger charge is 2.66. The van der Waals surface area contributed by atoms with Crippen LogP contribution in [0.4, 0.5) is 0 Å². The number of carbonyl (C=O) groups is 2. The number of benzene rings is 2. The van der Waals surface area contributed by atoms with Gasteiger partial charge in [-0.15, -0.1) is 10.2 Å². The summed E-state index contributed by atoms with van der Waals surface area (Å²) in [6.07, 6.45) is 1.98. The van der Waals surface area contributed by atoms with Crippen LogP contribution in [-0.4, -0.2) is 45.4 Å². The van der Waals surface area contributed by atoms with Gasteiger partial charge in [-0.25, -0.2) is 0 Å². The van der Waals surface area contributed by atoms with E-state index < -0.39 is 0 Å². The van der Waals surface area contributed by atoms with Crippen LogP contribution in [0.25, 0.3) is 5.69 Å². The van der Waals surface area contributed by atoms with Gasteiger partial charge in [-0.2, -0.15) is 0 Å². The fraction of sp³-hybridized carbons (Fsp3) is 0.448. The zero-order chi connectivity index (χ0) is 27.1. The molecule has 3 unspecified atom stereocenters. The Bertz CT molecular complexity index is 1340. The number of hydrogen-bond donors (Lipinski definition) is 1. The fourth-order valence-electron chi connectivity index (χ4n) is 5.87. The molecule has 5 rings (SSSR count). The molecular weight excluding hydrogens is 500 g/mol. The molecule has 2 aliphatic rings. The maximum Gasteiger partial charge on any atom is 0.251 e. The summed E-state index contributed by atoms with van der Waals surface area (Å²) >= 11 is 1.50. The topological polar surface area (TPSA) is 95.3 Å². The Balaban J connectivity index is 1.43. The molecule has 0 spiro atoms. The van der Waals surface area contributed by atoms with Crippen LogP contribution in [0, 0.1) is 16.7 Å². The van der Waals surface area contributed by atoms with E-state index >= 15 is 0 Å². The van der Waals surface area contributed by atoms with Gasteiger partial charge >= 0.3 is 0 Å². The SMILES string of the molecule is CCOc1ccc(-n2c(CNC(=O)c3ccc(OC)cc3)nnc2SC2C(=O)C3(C)CCC2C3(C)C)cc1. The second-order valence-electron chi connectivity index (χ2n) is 10.7. The van der Waals surface area contributed by atoms with Crippen LogP contribution in [0.2, 0.25) is 0 Å². The Hall–Kier alpha value is -3.33. The molecule has 3 atom stereocenters. The number of rotatable bonds is 9. The number of ketones is 1. The summed E-state index contributed by atoms with van der Waals surface area (Å²) in [5.41, 5.74) is 1.00. The molecule has 9 heteroatoms. The molecule has 0 aliphatic heterocycles. The van der Waals surface area contributed by atoms with Crippen LogP contribution in [0.1, 0.15) is 56.7 Å². The number of thioether (sulfide) groups is 1. The zero-order valence-corrected chi connectivity index (χ0v) is 23.3. The summed E-state index contributed by atoms with van der Waals surface area (Å²) in [6, 6.07) is 14.6. The highest BCUT2D eigenvalue weighted by Crippen LogP contribution is 2.66. The van der Waals surface area contributed by atoms with Crippen molar-refractivity contribution in [1.29, 1.82) is 0 Å². The van der Waals surface area contributed by atoms with Gasteiger partial charge < -0.3 is 14.8 Å². The van der Waals surface area contributed by atoms with Gasteiger partial charge in [0.1, 0.15) is 11.5 Å². The number of methoxy groups -OCH3 is 1. The van der Waals surface area contributed by atoms with Crippen molar-refractivity contribution in [2.45, 2.75) is 57.5 Å². The molecule has 1 N–H and O–H groups in total. The molecule has 8 nitrogen and oxygen atoms in total. The average molecular weight is 535 g/mol. The molecule has 200 valence electrons. The van der Waals surface area contributed by atoms with Crippen molar-refractivity contribution in [2.75, 3.05) is 13.7 Å². The number of fused-ring (bicyclic) bond motifs is 2. The minimum atomic E-state index is -0.311. The Morgan fingerprint density at radius 1 is 1.08 bits per heavy atom. The van der Waals surface area contributed by atoms with E-state index in [-0.39, 0.29) is 34.4 Å². The Morgan fingerprint density at radius 2 is 1.76 bits per heavy atom. The lowest BCUT2D eigenvalue weighted by Gasteiger charge is -2.32. The van der Waals surface area contributed by atoms with Gasteiger partial charge in [-0.05, 0) is 79.6 Å². The maximum absolute atomic E-state index is 13.5. The normalized spacial score (nSPS) is 23.4. The summed E-state index contributed by atoms with van der Waals surface area (Å²) < 4.78 is 12.7. The smallest absolute Gasteiger partial charge is 0.251 e. The summed E-state index contributed by atoms with van der Waals surface area (Å²) in [5.74, 6) is 2.41. The highest BCUT2D eigenvalue weighted by atomic mass is 32.2. The molecule has 3 aromatic rings. The molecule has 1 aromatic heterocycles. The minimum absolute atomic E-state index is 0.0547.